The van der Waals surface area contributed by atoms with Crippen molar-refractivity contribution in [3.8, 4) is 0 Å². The molecule has 1 fully saturated rings. The fourth-order valence-electron chi connectivity index (χ4n) is 2.74. The number of non-ortho nitro benzene ring substituents is 1. The molecule has 4 N–H and O–H groups in total. The van der Waals surface area contributed by atoms with Gasteiger partial charge in [0.2, 0.25) is 5.91 Å². The molecule has 3 amide bonds. The standard InChI is InChI=1S/C17H23N5O5/c1-10(18)15(23)20-11(2)16(24)21(17(25)14-4-3-9-19-14)12-5-7-13(8-6-12)22(26)27/h5-8,10-11,14,19H,3-4,9,18H2,1-2H3,(H,20,23)/t10-,11-,14-/m0/s1. The van der Waals surface area contributed by atoms with E-state index in [1.54, 1.807) is 0 Å². The molecule has 0 saturated carbocycles. The van der Waals surface area contributed by atoms with E-state index in [-0.39, 0.29) is 11.4 Å². The van der Waals surface area contributed by atoms with Gasteiger partial charge in [0, 0.05) is 12.1 Å². The van der Waals surface area contributed by atoms with E-state index in [9.17, 15) is 24.5 Å². The number of amides is 3. The Kier molecular flexibility index (Phi) is 6.59. The fourth-order valence-corrected chi connectivity index (χ4v) is 2.74. The number of nitrogens with two attached hydrogens (primary N) is 1. The summed E-state index contributed by atoms with van der Waals surface area (Å²) in [4.78, 5) is 48.8. The molecule has 1 heterocycles. The van der Waals surface area contributed by atoms with Crippen LogP contribution in [0.4, 0.5) is 11.4 Å². The number of nitrogens with zero attached hydrogens (tertiary/aromatic N) is 2. The number of rotatable bonds is 6. The number of imide groups is 1. The zero-order valence-electron chi connectivity index (χ0n) is 15.2. The summed E-state index contributed by atoms with van der Waals surface area (Å²) in [5, 5.41) is 16.3. The molecule has 3 atom stereocenters. The van der Waals surface area contributed by atoms with Crippen molar-refractivity contribution in [2.75, 3.05) is 11.4 Å². The van der Waals surface area contributed by atoms with E-state index in [0.717, 1.165) is 11.3 Å². The minimum atomic E-state index is -0.996. The van der Waals surface area contributed by atoms with Crippen LogP contribution >= 0.6 is 0 Å². The van der Waals surface area contributed by atoms with Crippen molar-refractivity contribution < 1.29 is 19.3 Å². The maximum Gasteiger partial charge on any atom is 0.269 e. The average molecular weight is 377 g/mol. The predicted molar refractivity (Wildman–Crippen MR) is 97.9 cm³/mol. The molecule has 1 aliphatic heterocycles. The minimum absolute atomic E-state index is 0.157. The van der Waals surface area contributed by atoms with Gasteiger partial charge in [-0.1, -0.05) is 0 Å². The molecule has 0 bridgehead atoms. The van der Waals surface area contributed by atoms with Crippen molar-refractivity contribution in [3.05, 3.63) is 34.4 Å². The topological polar surface area (TPSA) is 148 Å². The normalized spacial score (nSPS) is 18.4. The molecule has 0 spiro atoms. The highest BCUT2D eigenvalue weighted by molar-refractivity contribution is 6.18. The van der Waals surface area contributed by atoms with Crippen molar-refractivity contribution in [3.63, 3.8) is 0 Å². The van der Waals surface area contributed by atoms with E-state index in [1.807, 2.05) is 0 Å². The SMILES string of the molecule is C[C@H](N)C(=O)N[C@@H](C)C(=O)N(C(=O)[C@@H]1CCCN1)c1ccc([N+](=O)[O-])cc1. The molecule has 1 aliphatic rings. The maximum atomic E-state index is 12.9. The van der Waals surface area contributed by atoms with Gasteiger partial charge >= 0.3 is 0 Å². The quantitative estimate of drug-likeness (QED) is 0.469. The molecule has 10 nitrogen and oxygen atoms in total. The molecular formula is C17H23N5O5. The molecule has 1 aromatic rings. The summed E-state index contributed by atoms with van der Waals surface area (Å²) in [5.74, 6) is -1.63. The summed E-state index contributed by atoms with van der Waals surface area (Å²) < 4.78 is 0. The third-order valence-electron chi connectivity index (χ3n) is 4.26. The first kappa shape index (κ1) is 20.5. The lowest BCUT2D eigenvalue weighted by Gasteiger charge is -2.27. The van der Waals surface area contributed by atoms with Gasteiger partial charge in [0.1, 0.15) is 6.04 Å². The van der Waals surface area contributed by atoms with Gasteiger partial charge in [-0.05, 0) is 45.4 Å². The smallest absolute Gasteiger partial charge is 0.269 e. The third-order valence-corrected chi connectivity index (χ3v) is 4.26. The zero-order valence-corrected chi connectivity index (χ0v) is 15.2. The molecule has 0 aliphatic carbocycles. The van der Waals surface area contributed by atoms with Crippen LogP contribution in [-0.4, -0.2) is 47.3 Å². The Morgan fingerprint density at radius 1 is 1.30 bits per heavy atom. The van der Waals surface area contributed by atoms with Crippen molar-refractivity contribution in [2.24, 2.45) is 5.73 Å². The van der Waals surface area contributed by atoms with Gasteiger partial charge in [0.25, 0.3) is 17.5 Å². The number of carbonyl (C=O) groups excluding carboxylic acids is 3. The molecule has 0 radical (unpaired) electrons. The van der Waals surface area contributed by atoms with E-state index in [4.69, 9.17) is 5.73 Å². The van der Waals surface area contributed by atoms with Crippen LogP contribution in [-0.2, 0) is 14.4 Å². The summed E-state index contributed by atoms with van der Waals surface area (Å²) in [6.07, 6.45) is 1.38. The molecular weight excluding hydrogens is 354 g/mol. The monoisotopic (exact) mass is 377 g/mol. The molecule has 2 rings (SSSR count). The van der Waals surface area contributed by atoms with Crippen LogP contribution in [0.15, 0.2) is 24.3 Å². The van der Waals surface area contributed by atoms with Crippen LogP contribution in [0, 0.1) is 10.1 Å². The minimum Gasteiger partial charge on any atom is -0.343 e. The lowest BCUT2D eigenvalue weighted by Crippen LogP contribution is -2.55. The Morgan fingerprint density at radius 2 is 1.93 bits per heavy atom. The number of nitro groups is 1. The first-order valence-corrected chi connectivity index (χ1v) is 8.64. The van der Waals surface area contributed by atoms with Crippen molar-refractivity contribution >= 4 is 29.1 Å². The Bertz CT molecular complexity index is 728. The van der Waals surface area contributed by atoms with Crippen molar-refractivity contribution in [1.29, 1.82) is 0 Å². The van der Waals surface area contributed by atoms with Gasteiger partial charge in [-0.3, -0.25) is 24.5 Å². The van der Waals surface area contributed by atoms with Crippen LogP contribution in [0.25, 0.3) is 0 Å². The van der Waals surface area contributed by atoms with Crippen LogP contribution < -0.4 is 21.3 Å². The maximum absolute atomic E-state index is 12.9. The van der Waals surface area contributed by atoms with E-state index < -0.39 is 40.8 Å². The molecule has 1 aromatic carbocycles. The lowest BCUT2D eigenvalue weighted by molar-refractivity contribution is -0.384. The number of nitro benzene ring substituents is 1. The highest BCUT2D eigenvalue weighted by atomic mass is 16.6. The number of benzene rings is 1. The molecule has 0 aromatic heterocycles. The molecule has 27 heavy (non-hydrogen) atoms. The number of carbonyl (C=O) groups is 3. The van der Waals surface area contributed by atoms with Gasteiger partial charge < -0.3 is 16.4 Å². The fraction of sp³-hybridized carbons (Fsp3) is 0.471. The largest absolute Gasteiger partial charge is 0.343 e. The van der Waals surface area contributed by atoms with E-state index >= 15 is 0 Å². The lowest BCUT2D eigenvalue weighted by atomic mass is 10.1. The summed E-state index contributed by atoms with van der Waals surface area (Å²) in [6.45, 7) is 3.60. The second-order valence-electron chi connectivity index (χ2n) is 6.45. The van der Waals surface area contributed by atoms with Gasteiger partial charge in [-0.2, -0.15) is 0 Å². The first-order chi connectivity index (χ1) is 12.7. The van der Waals surface area contributed by atoms with Crippen molar-refractivity contribution in [1.82, 2.24) is 10.6 Å². The highest BCUT2D eigenvalue weighted by Crippen LogP contribution is 2.22. The zero-order chi connectivity index (χ0) is 20.1. The van der Waals surface area contributed by atoms with Crippen LogP contribution in [0.3, 0.4) is 0 Å². The van der Waals surface area contributed by atoms with Crippen LogP contribution in [0.2, 0.25) is 0 Å². The molecule has 146 valence electrons. The predicted octanol–water partition coefficient (Wildman–Crippen LogP) is 0.0583. The second kappa shape index (κ2) is 8.69. The van der Waals surface area contributed by atoms with E-state index in [0.29, 0.717) is 13.0 Å². The Hall–Kier alpha value is -2.85. The van der Waals surface area contributed by atoms with Gasteiger partial charge in [0.15, 0.2) is 0 Å². The van der Waals surface area contributed by atoms with Gasteiger partial charge in [-0.25, -0.2) is 4.90 Å². The molecule has 0 unspecified atom stereocenters. The highest BCUT2D eigenvalue weighted by Gasteiger charge is 2.34. The Morgan fingerprint density at radius 3 is 2.41 bits per heavy atom. The Labute approximate surface area is 156 Å². The number of hydrogen-bond donors (Lipinski definition) is 3. The van der Waals surface area contributed by atoms with Crippen LogP contribution in [0.5, 0.6) is 0 Å². The van der Waals surface area contributed by atoms with Crippen LogP contribution in [0.1, 0.15) is 26.7 Å². The second-order valence-corrected chi connectivity index (χ2v) is 6.45. The van der Waals surface area contributed by atoms with Gasteiger partial charge in [-0.15, -0.1) is 0 Å². The summed E-state index contributed by atoms with van der Waals surface area (Å²) in [7, 11) is 0. The summed E-state index contributed by atoms with van der Waals surface area (Å²) in [5.41, 5.74) is 5.54. The van der Waals surface area contributed by atoms with Crippen molar-refractivity contribution in [2.45, 2.75) is 44.8 Å². The number of anilines is 1. The summed E-state index contributed by atoms with van der Waals surface area (Å²) in [6, 6.07) is 2.78. The van der Waals surface area contributed by atoms with Gasteiger partial charge in [0.05, 0.1) is 22.7 Å². The number of nitrogens with one attached hydrogen (secondary N) is 2. The Balaban J connectivity index is 2.31. The summed E-state index contributed by atoms with van der Waals surface area (Å²) >= 11 is 0. The number of hydrogen-bond acceptors (Lipinski definition) is 7. The van der Waals surface area contributed by atoms with E-state index in [1.165, 1.54) is 38.1 Å². The molecule has 10 heteroatoms. The third kappa shape index (κ3) is 4.86. The first-order valence-electron chi connectivity index (χ1n) is 8.64. The average Bonchev–Trinajstić information content (AvgIpc) is 3.16. The van der Waals surface area contributed by atoms with E-state index in [2.05, 4.69) is 10.6 Å². The molecule has 1 saturated heterocycles.